The number of rotatable bonds is 7. The molecule has 0 spiro atoms. The molecule has 0 aliphatic heterocycles. The van der Waals surface area contributed by atoms with Gasteiger partial charge in [-0.15, -0.1) is 0 Å². The predicted octanol–water partition coefficient (Wildman–Crippen LogP) is 0.406. The molecule has 2 rings (SSSR count). The van der Waals surface area contributed by atoms with Crippen molar-refractivity contribution in [3.05, 3.63) is 82.2 Å². The molecular formula is C19H32N4O5Pd. The van der Waals surface area contributed by atoms with Gasteiger partial charge in [-0.25, -0.2) is 0 Å². The van der Waals surface area contributed by atoms with Crippen molar-refractivity contribution >= 4 is 0 Å². The normalized spacial score (nSPS) is 10.4. The Morgan fingerprint density at radius 1 is 0.862 bits per heavy atom. The van der Waals surface area contributed by atoms with Gasteiger partial charge in [-0.3, -0.25) is 0 Å². The molecule has 0 fully saturated rings. The van der Waals surface area contributed by atoms with Gasteiger partial charge < -0.3 is 32.0 Å². The fourth-order valence-corrected chi connectivity index (χ4v) is 2.05. The van der Waals surface area contributed by atoms with E-state index in [2.05, 4.69) is 10.0 Å². The van der Waals surface area contributed by atoms with Gasteiger partial charge in [0, 0.05) is 39.0 Å². The summed E-state index contributed by atoms with van der Waals surface area (Å²) in [4.78, 5) is 2.58. The molecule has 10 heteroatoms. The van der Waals surface area contributed by atoms with Crippen LogP contribution in [-0.4, -0.2) is 58.7 Å². The standard InChI is InChI=1S/C9H11N3O.C9H13NO.CH4O.2H2O.Pd/c10-12-11-7-9(13)6-8-4-2-1-3-5-8;10-7-9(11)6-8-4-2-1-3-5-8;1-2;;;/h1-5,9,13H,6-7H2;1-5,9,11H,6-7,10H2;2H,1H3;2*1H2;. The summed E-state index contributed by atoms with van der Waals surface area (Å²) in [5.41, 5.74) is 15.5. The summed E-state index contributed by atoms with van der Waals surface area (Å²) < 4.78 is 0. The van der Waals surface area contributed by atoms with E-state index in [0.29, 0.717) is 19.4 Å². The van der Waals surface area contributed by atoms with Crippen LogP contribution >= 0.6 is 0 Å². The van der Waals surface area contributed by atoms with Crippen LogP contribution < -0.4 is 5.73 Å². The molecule has 9 nitrogen and oxygen atoms in total. The molecule has 168 valence electrons. The largest absolute Gasteiger partial charge is 0.412 e. The second kappa shape index (κ2) is 24.2. The van der Waals surface area contributed by atoms with Crippen molar-refractivity contribution in [2.75, 3.05) is 20.2 Å². The van der Waals surface area contributed by atoms with Crippen LogP contribution in [0.3, 0.4) is 0 Å². The molecule has 0 saturated heterocycles. The molecule has 0 aliphatic carbocycles. The molecule has 0 saturated carbocycles. The minimum atomic E-state index is -0.585. The van der Waals surface area contributed by atoms with Gasteiger partial charge in [0.2, 0.25) is 0 Å². The van der Waals surface area contributed by atoms with Gasteiger partial charge in [-0.2, -0.15) is 0 Å². The topological polar surface area (TPSA) is 198 Å². The molecule has 2 unspecified atom stereocenters. The van der Waals surface area contributed by atoms with Crippen LogP contribution in [-0.2, 0) is 33.3 Å². The Morgan fingerprint density at radius 3 is 1.59 bits per heavy atom. The van der Waals surface area contributed by atoms with Crippen LogP contribution in [0.25, 0.3) is 10.4 Å². The van der Waals surface area contributed by atoms with E-state index < -0.39 is 12.2 Å². The number of aliphatic hydroxyl groups is 3. The van der Waals surface area contributed by atoms with Crippen molar-refractivity contribution in [3.63, 3.8) is 0 Å². The number of nitrogens with zero attached hydrogens (tertiary/aromatic N) is 3. The van der Waals surface area contributed by atoms with E-state index in [9.17, 15) is 10.2 Å². The minimum Gasteiger partial charge on any atom is -0.412 e. The van der Waals surface area contributed by atoms with Crippen molar-refractivity contribution in [2.45, 2.75) is 25.0 Å². The molecule has 0 aliphatic rings. The number of benzene rings is 2. The average Bonchev–Trinajstić information content (AvgIpc) is 2.70. The zero-order chi connectivity index (χ0) is 19.6. The fourth-order valence-electron chi connectivity index (χ4n) is 2.05. The summed E-state index contributed by atoms with van der Waals surface area (Å²) in [5, 5.41) is 28.9. The van der Waals surface area contributed by atoms with E-state index in [-0.39, 0.29) is 37.9 Å². The molecule has 0 radical (unpaired) electrons. The van der Waals surface area contributed by atoms with Gasteiger partial charge >= 0.3 is 0 Å². The summed E-state index contributed by atoms with van der Waals surface area (Å²) >= 11 is 0. The Kier molecular flexibility index (Phi) is 28.9. The van der Waals surface area contributed by atoms with Crippen LogP contribution in [0.2, 0.25) is 0 Å². The van der Waals surface area contributed by atoms with Crippen molar-refractivity contribution in [1.29, 1.82) is 0 Å². The third-order valence-electron chi connectivity index (χ3n) is 3.26. The van der Waals surface area contributed by atoms with E-state index in [1.54, 1.807) is 0 Å². The van der Waals surface area contributed by atoms with Crippen LogP contribution in [0.4, 0.5) is 0 Å². The SMILES string of the molecule is CO.NCC(O)Cc1ccccc1.O.O.[N-]=[N+]=NCC(O)Cc1ccccc1.[Pd]. The van der Waals surface area contributed by atoms with E-state index >= 15 is 0 Å². The Labute approximate surface area is 185 Å². The molecule has 2 aromatic carbocycles. The first-order valence-corrected chi connectivity index (χ1v) is 8.25. The fraction of sp³-hybridized carbons (Fsp3) is 0.368. The monoisotopic (exact) mass is 502 g/mol. The van der Waals surface area contributed by atoms with Gasteiger partial charge in [-0.05, 0) is 29.5 Å². The molecule has 9 N–H and O–H groups in total. The summed E-state index contributed by atoms with van der Waals surface area (Å²) in [5.74, 6) is 0. The maximum atomic E-state index is 9.37. The van der Waals surface area contributed by atoms with Gasteiger partial charge in [0.25, 0.3) is 0 Å². The van der Waals surface area contributed by atoms with Crippen molar-refractivity contribution in [2.24, 2.45) is 10.8 Å². The van der Waals surface area contributed by atoms with E-state index in [0.717, 1.165) is 18.2 Å². The maximum Gasteiger partial charge on any atom is 0.0702 e. The number of hydrogen-bond donors (Lipinski definition) is 4. The second-order valence-electron chi connectivity index (χ2n) is 5.34. The summed E-state index contributed by atoms with van der Waals surface area (Å²) in [7, 11) is 1.00. The molecule has 2 aromatic rings. The van der Waals surface area contributed by atoms with Crippen LogP contribution in [0.1, 0.15) is 11.1 Å². The molecule has 2 atom stereocenters. The van der Waals surface area contributed by atoms with Crippen molar-refractivity contribution in [3.8, 4) is 0 Å². The van der Waals surface area contributed by atoms with E-state index in [1.807, 2.05) is 60.7 Å². The maximum absolute atomic E-state index is 9.37. The average molecular weight is 503 g/mol. The third kappa shape index (κ3) is 19.3. The molecule has 29 heavy (non-hydrogen) atoms. The number of nitrogens with two attached hydrogens (primary N) is 1. The minimum absolute atomic E-state index is 0. The Hall–Kier alpha value is -1.83. The van der Waals surface area contributed by atoms with E-state index in [1.165, 1.54) is 0 Å². The van der Waals surface area contributed by atoms with Gasteiger partial charge in [0.1, 0.15) is 0 Å². The Bertz CT molecular complexity index is 617. The summed E-state index contributed by atoms with van der Waals surface area (Å²) in [6.07, 6.45) is 0.188. The zero-order valence-electron chi connectivity index (χ0n) is 16.3. The number of hydrogen-bond acceptors (Lipinski definition) is 5. The first-order chi connectivity index (χ1) is 12.7. The zero-order valence-corrected chi connectivity index (χ0v) is 17.9. The molecule has 0 aromatic heterocycles. The molecule has 0 heterocycles. The summed E-state index contributed by atoms with van der Waals surface area (Å²) in [6.45, 7) is 0.459. The first-order valence-electron chi connectivity index (χ1n) is 8.25. The third-order valence-corrected chi connectivity index (χ3v) is 3.26. The Morgan fingerprint density at radius 2 is 1.24 bits per heavy atom. The van der Waals surface area contributed by atoms with Crippen LogP contribution in [0, 0.1) is 0 Å². The second-order valence-corrected chi connectivity index (χ2v) is 5.34. The van der Waals surface area contributed by atoms with E-state index in [4.69, 9.17) is 16.4 Å². The smallest absolute Gasteiger partial charge is 0.0702 e. The first kappa shape index (κ1) is 34.7. The predicted molar refractivity (Wildman–Crippen MR) is 111 cm³/mol. The molecule has 0 amide bonds. The number of aliphatic hydroxyl groups excluding tert-OH is 3. The number of azide groups is 1. The van der Waals surface area contributed by atoms with Crippen LogP contribution in [0.15, 0.2) is 65.8 Å². The summed E-state index contributed by atoms with van der Waals surface area (Å²) in [6, 6.07) is 19.4. The van der Waals surface area contributed by atoms with Gasteiger partial charge in [0.05, 0.1) is 18.8 Å². The Balaban J connectivity index is -0.000000183. The van der Waals surface area contributed by atoms with Gasteiger partial charge in [0.15, 0.2) is 0 Å². The van der Waals surface area contributed by atoms with Gasteiger partial charge in [-0.1, -0.05) is 65.8 Å². The molecular weight excluding hydrogens is 471 g/mol. The van der Waals surface area contributed by atoms with Crippen molar-refractivity contribution < 1.29 is 46.7 Å². The van der Waals surface area contributed by atoms with Crippen molar-refractivity contribution in [1.82, 2.24) is 0 Å². The van der Waals surface area contributed by atoms with Crippen LogP contribution in [0.5, 0.6) is 0 Å². The quantitative estimate of drug-likeness (QED) is 0.184. The molecule has 0 bridgehead atoms.